The first-order valence-electron chi connectivity index (χ1n) is 4.42. The molecule has 0 bridgehead atoms. The van der Waals surface area contributed by atoms with Gasteiger partial charge in [-0.15, -0.1) is 6.58 Å². The Labute approximate surface area is 83.1 Å². The van der Waals surface area contributed by atoms with Gasteiger partial charge in [0.05, 0.1) is 0 Å². The maximum atomic E-state index is 12.6. The molecular formula is C11H14FNO. The lowest BCUT2D eigenvalue weighted by molar-refractivity contribution is 0.0281. The van der Waals surface area contributed by atoms with E-state index in [-0.39, 0.29) is 17.8 Å². The van der Waals surface area contributed by atoms with E-state index in [1.54, 1.807) is 18.2 Å². The summed E-state index contributed by atoms with van der Waals surface area (Å²) >= 11 is 0. The molecule has 1 aromatic rings. The molecule has 0 saturated carbocycles. The van der Waals surface area contributed by atoms with Crippen molar-refractivity contribution < 1.29 is 9.23 Å². The third kappa shape index (κ3) is 2.40. The van der Waals surface area contributed by atoms with Gasteiger partial charge in [0.15, 0.2) is 0 Å². The second-order valence-corrected chi connectivity index (χ2v) is 3.20. The van der Waals surface area contributed by atoms with Crippen molar-refractivity contribution >= 4 is 0 Å². The number of halogens is 1. The molecule has 14 heavy (non-hydrogen) atoms. The maximum absolute atomic E-state index is 12.6. The molecule has 0 fully saturated rings. The van der Waals surface area contributed by atoms with E-state index in [4.69, 9.17) is 10.7 Å². The topological polar surface area (TPSA) is 35.2 Å². The fourth-order valence-corrected chi connectivity index (χ4v) is 1.28. The zero-order valence-corrected chi connectivity index (χ0v) is 8.11. The highest BCUT2D eigenvalue weighted by Crippen LogP contribution is 2.25. The Hall–Kier alpha value is -1.19. The van der Waals surface area contributed by atoms with E-state index in [9.17, 15) is 4.39 Å². The largest absolute Gasteiger partial charge is 0.296 e. The lowest BCUT2D eigenvalue weighted by Gasteiger charge is -2.19. The van der Waals surface area contributed by atoms with Crippen LogP contribution in [-0.4, -0.2) is 0 Å². The van der Waals surface area contributed by atoms with Crippen LogP contribution in [0.3, 0.4) is 0 Å². The fraction of sp³-hybridized carbons (Fsp3) is 0.273. The molecule has 0 amide bonds. The van der Waals surface area contributed by atoms with Gasteiger partial charge in [0.1, 0.15) is 11.9 Å². The molecule has 0 aliphatic carbocycles. The van der Waals surface area contributed by atoms with E-state index in [0.717, 1.165) is 5.56 Å². The molecule has 3 heteroatoms. The van der Waals surface area contributed by atoms with Crippen LogP contribution in [0.25, 0.3) is 0 Å². The lowest BCUT2D eigenvalue weighted by atomic mass is 9.97. The number of rotatable bonds is 4. The summed E-state index contributed by atoms with van der Waals surface area (Å²) in [6.45, 7) is 5.60. The van der Waals surface area contributed by atoms with Crippen molar-refractivity contribution in [2.24, 2.45) is 11.8 Å². The SMILES string of the molecule is C=C[C@H](C)[C@H](ON)c1ccc(F)cc1. The number of nitrogens with two attached hydrogens (primary N) is 1. The van der Waals surface area contributed by atoms with Gasteiger partial charge in [-0.25, -0.2) is 10.3 Å². The third-order valence-corrected chi connectivity index (χ3v) is 2.19. The van der Waals surface area contributed by atoms with Crippen molar-refractivity contribution in [2.45, 2.75) is 13.0 Å². The van der Waals surface area contributed by atoms with Crippen molar-refractivity contribution in [3.05, 3.63) is 48.3 Å². The van der Waals surface area contributed by atoms with Gasteiger partial charge in [-0.2, -0.15) is 0 Å². The molecule has 0 saturated heterocycles. The molecule has 0 aromatic heterocycles. The van der Waals surface area contributed by atoms with Crippen LogP contribution in [0.1, 0.15) is 18.6 Å². The molecule has 2 atom stereocenters. The van der Waals surface area contributed by atoms with E-state index < -0.39 is 0 Å². The van der Waals surface area contributed by atoms with Crippen LogP contribution in [0.15, 0.2) is 36.9 Å². The zero-order valence-electron chi connectivity index (χ0n) is 8.11. The van der Waals surface area contributed by atoms with Gasteiger partial charge in [0.2, 0.25) is 0 Å². The highest BCUT2D eigenvalue weighted by Gasteiger charge is 2.16. The van der Waals surface area contributed by atoms with E-state index in [1.165, 1.54) is 12.1 Å². The third-order valence-electron chi connectivity index (χ3n) is 2.19. The number of hydrogen-bond donors (Lipinski definition) is 1. The van der Waals surface area contributed by atoms with E-state index in [2.05, 4.69) is 6.58 Å². The molecule has 0 heterocycles. The highest BCUT2D eigenvalue weighted by atomic mass is 19.1. The average Bonchev–Trinajstić information content (AvgIpc) is 2.21. The predicted molar refractivity (Wildman–Crippen MR) is 53.8 cm³/mol. The van der Waals surface area contributed by atoms with Crippen molar-refractivity contribution in [2.75, 3.05) is 0 Å². The first kappa shape index (κ1) is 10.9. The number of benzene rings is 1. The first-order valence-corrected chi connectivity index (χ1v) is 4.42. The Bertz CT molecular complexity index is 297. The van der Waals surface area contributed by atoms with Crippen LogP contribution in [0.4, 0.5) is 4.39 Å². The van der Waals surface area contributed by atoms with E-state index in [1.807, 2.05) is 6.92 Å². The summed E-state index contributed by atoms with van der Waals surface area (Å²) < 4.78 is 12.6. The lowest BCUT2D eigenvalue weighted by Crippen LogP contribution is -2.15. The van der Waals surface area contributed by atoms with Crippen molar-refractivity contribution in [3.63, 3.8) is 0 Å². The molecule has 0 unspecified atom stereocenters. The minimum Gasteiger partial charge on any atom is -0.296 e. The standard InChI is InChI=1S/C11H14FNO/c1-3-8(2)11(14-13)9-4-6-10(12)7-5-9/h3-8,11H,1,13H2,2H3/t8-,11-/m0/s1. The van der Waals surface area contributed by atoms with Gasteiger partial charge < -0.3 is 0 Å². The second kappa shape index (κ2) is 4.88. The molecule has 0 aliphatic heterocycles. The molecule has 0 spiro atoms. The Balaban J connectivity index is 2.89. The van der Waals surface area contributed by atoms with Crippen molar-refractivity contribution in [1.82, 2.24) is 0 Å². The van der Waals surface area contributed by atoms with Crippen molar-refractivity contribution in [3.8, 4) is 0 Å². The fourth-order valence-electron chi connectivity index (χ4n) is 1.28. The zero-order chi connectivity index (χ0) is 10.6. The first-order chi connectivity index (χ1) is 6.69. The summed E-state index contributed by atoms with van der Waals surface area (Å²) in [7, 11) is 0. The van der Waals surface area contributed by atoms with E-state index >= 15 is 0 Å². The smallest absolute Gasteiger partial charge is 0.123 e. The van der Waals surface area contributed by atoms with Crippen LogP contribution in [0.5, 0.6) is 0 Å². The van der Waals surface area contributed by atoms with Gasteiger partial charge in [-0.1, -0.05) is 25.1 Å². The van der Waals surface area contributed by atoms with Crippen LogP contribution in [0.2, 0.25) is 0 Å². The average molecular weight is 195 g/mol. The summed E-state index contributed by atoms with van der Waals surface area (Å²) in [4.78, 5) is 4.84. The molecule has 0 radical (unpaired) electrons. The summed E-state index contributed by atoms with van der Waals surface area (Å²) in [5.41, 5.74) is 0.848. The molecule has 1 aromatic carbocycles. The van der Waals surface area contributed by atoms with Crippen LogP contribution in [0, 0.1) is 11.7 Å². The minimum atomic E-state index is -0.270. The van der Waals surface area contributed by atoms with Gasteiger partial charge in [0, 0.05) is 5.92 Å². The monoisotopic (exact) mass is 195 g/mol. The quantitative estimate of drug-likeness (QED) is 0.592. The Morgan fingerprint density at radius 3 is 2.43 bits per heavy atom. The van der Waals surface area contributed by atoms with E-state index in [0.29, 0.717) is 0 Å². The maximum Gasteiger partial charge on any atom is 0.123 e. The molecule has 0 aliphatic rings. The van der Waals surface area contributed by atoms with Gasteiger partial charge in [-0.3, -0.25) is 4.84 Å². The van der Waals surface area contributed by atoms with Crippen molar-refractivity contribution in [1.29, 1.82) is 0 Å². The van der Waals surface area contributed by atoms with Gasteiger partial charge in [0.25, 0.3) is 0 Å². The van der Waals surface area contributed by atoms with Crippen LogP contribution in [-0.2, 0) is 4.84 Å². The molecule has 1 rings (SSSR count). The second-order valence-electron chi connectivity index (χ2n) is 3.20. The summed E-state index contributed by atoms with van der Waals surface area (Å²) in [5.74, 6) is 5.00. The summed E-state index contributed by atoms with van der Waals surface area (Å²) in [6, 6.07) is 6.09. The minimum absolute atomic E-state index is 0.0884. The summed E-state index contributed by atoms with van der Waals surface area (Å²) in [6.07, 6.45) is 1.48. The Kier molecular flexibility index (Phi) is 3.80. The molecular weight excluding hydrogens is 181 g/mol. The Morgan fingerprint density at radius 2 is 2.00 bits per heavy atom. The summed E-state index contributed by atoms with van der Waals surface area (Å²) in [5, 5.41) is 0. The van der Waals surface area contributed by atoms with Gasteiger partial charge in [-0.05, 0) is 17.7 Å². The Morgan fingerprint density at radius 1 is 1.43 bits per heavy atom. The normalized spacial score (nSPS) is 14.8. The highest BCUT2D eigenvalue weighted by molar-refractivity contribution is 5.20. The molecule has 2 nitrogen and oxygen atoms in total. The molecule has 76 valence electrons. The van der Waals surface area contributed by atoms with Crippen LogP contribution >= 0.6 is 0 Å². The van der Waals surface area contributed by atoms with Crippen LogP contribution < -0.4 is 5.90 Å². The molecule has 2 N–H and O–H groups in total. The van der Waals surface area contributed by atoms with Gasteiger partial charge >= 0.3 is 0 Å². The predicted octanol–water partition coefficient (Wildman–Crippen LogP) is 2.58. The number of hydrogen-bond acceptors (Lipinski definition) is 2.